The number of anilines is 2. The predicted octanol–water partition coefficient (Wildman–Crippen LogP) is 3.89. The molecular formula is C17H12ClN3O6S. The summed E-state index contributed by atoms with van der Waals surface area (Å²) < 4.78 is 31.9. The van der Waals surface area contributed by atoms with Crippen molar-refractivity contribution in [1.82, 2.24) is 0 Å². The monoisotopic (exact) mass is 421 g/mol. The minimum Gasteiger partial charge on any atom is -0.395 e. The Balaban J connectivity index is 1.69. The number of halogens is 1. The summed E-state index contributed by atoms with van der Waals surface area (Å²) in [6.45, 7) is 0. The van der Waals surface area contributed by atoms with E-state index in [4.69, 9.17) is 16.0 Å². The second-order valence-corrected chi connectivity index (χ2v) is 7.61. The van der Waals surface area contributed by atoms with Gasteiger partial charge in [-0.2, -0.15) is 0 Å². The van der Waals surface area contributed by atoms with E-state index in [9.17, 15) is 23.3 Å². The molecule has 0 atom stereocenters. The third-order valence-electron chi connectivity index (χ3n) is 3.50. The van der Waals surface area contributed by atoms with Gasteiger partial charge in [-0.25, -0.2) is 8.42 Å². The van der Waals surface area contributed by atoms with Gasteiger partial charge in [0.1, 0.15) is 4.92 Å². The Morgan fingerprint density at radius 2 is 1.71 bits per heavy atom. The first-order chi connectivity index (χ1) is 13.2. The fourth-order valence-electron chi connectivity index (χ4n) is 2.21. The topological polar surface area (TPSA) is 132 Å². The Hall–Kier alpha value is -3.37. The molecule has 0 aliphatic carbocycles. The normalized spacial score (nSPS) is 11.0. The lowest BCUT2D eigenvalue weighted by molar-refractivity contribution is -0.402. The van der Waals surface area contributed by atoms with Crippen LogP contribution in [0.25, 0.3) is 0 Å². The van der Waals surface area contributed by atoms with Crippen LogP contribution in [-0.4, -0.2) is 19.2 Å². The van der Waals surface area contributed by atoms with E-state index in [-0.39, 0.29) is 16.3 Å². The van der Waals surface area contributed by atoms with E-state index < -0.39 is 26.7 Å². The molecule has 28 heavy (non-hydrogen) atoms. The molecule has 0 aliphatic heterocycles. The molecular weight excluding hydrogens is 410 g/mol. The average Bonchev–Trinajstić information content (AvgIpc) is 3.14. The van der Waals surface area contributed by atoms with Crippen LogP contribution in [0.2, 0.25) is 5.02 Å². The van der Waals surface area contributed by atoms with E-state index in [1.807, 2.05) is 0 Å². The van der Waals surface area contributed by atoms with Crippen molar-refractivity contribution in [2.45, 2.75) is 4.90 Å². The summed E-state index contributed by atoms with van der Waals surface area (Å²) in [5.74, 6) is -1.45. The molecule has 2 N–H and O–H groups in total. The maximum atomic E-state index is 12.4. The minimum absolute atomic E-state index is 0.0109. The molecule has 1 aromatic heterocycles. The summed E-state index contributed by atoms with van der Waals surface area (Å²) in [5.41, 5.74) is 0.612. The van der Waals surface area contributed by atoms with E-state index in [0.717, 1.165) is 6.07 Å². The minimum atomic E-state index is -3.82. The zero-order valence-electron chi connectivity index (χ0n) is 14.0. The maximum absolute atomic E-state index is 12.4. The van der Waals surface area contributed by atoms with Crippen molar-refractivity contribution in [2.75, 3.05) is 10.0 Å². The number of furan rings is 1. The van der Waals surface area contributed by atoms with Crippen LogP contribution in [0.15, 0.2) is 70.0 Å². The van der Waals surface area contributed by atoms with E-state index in [1.54, 1.807) is 6.07 Å². The molecule has 0 fully saturated rings. The number of hydrogen-bond donors (Lipinski definition) is 2. The van der Waals surface area contributed by atoms with Crippen LogP contribution in [0.4, 0.5) is 17.3 Å². The Labute approximate surface area is 164 Å². The SMILES string of the molecule is O=C(Nc1ccc(NS(=O)(=O)c2cccc(Cl)c2)cc1)c1ccc([N+](=O)[O-])o1. The number of amides is 1. The Morgan fingerprint density at radius 3 is 2.32 bits per heavy atom. The molecule has 1 heterocycles. The molecule has 1 amide bonds. The number of nitrogens with zero attached hydrogens (tertiary/aromatic N) is 1. The number of carbonyl (C=O) groups is 1. The van der Waals surface area contributed by atoms with Gasteiger partial charge in [-0.05, 0) is 48.5 Å². The number of nitrogens with one attached hydrogen (secondary N) is 2. The van der Waals surface area contributed by atoms with Crippen molar-refractivity contribution < 1.29 is 22.6 Å². The molecule has 2 aromatic carbocycles. The third kappa shape index (κ3) is 4.48. The van der Waals surface area contributed by atoms with Crippen LogP contribution in [0.3, 0.4) is 0 Å². The Bertz CT molecular complexity index is 1140. The maximum Gasteiger partial charge on any atom is 0.433 e. The standard InChI is InChI=1S/C17H12ClN3O6S/c18-11-2-1-3-14(10-11)28(25,26)20-13-6-4-12(5-7-13)19-17(22)15-8-9-16(27-15)21(23)24/h1-10,20H,(H,19,22). The summed E-state index contributed by atoms with van der Waals surface area (Å²) in [5, 5.41) is 13.4. The smallest absolute Gasteiger partial charge is 0.395 e. The van der Waals surface area contributed by atoms with Crippen LogP contribution in [-0.2, 0) is 10.0 Å². The summed E-state index contributed by atoms with van der Waals surface area (Å²) in [7, 11) is -3.82. The van der Waals surface area contributed by atoms with E-state index in [2.05, 4.69) is 10.0 Å². The molecule has 0 radical (unpaired) electrons. The first kappa shape index (κ1) is 19.4. The first-order valence-electron chi connectivity index (χ1n) is 7.69. The number of rotatable bonds is 6. The molecule has 9 nitrogen and oxygen atoms in total. The molecule has 11 heteroatoms. The Kier molecular flexibility index (Phi) is 5.34. The zero-order valence-corrected chi connectivity index (χ0v) is 15.5. The number of carbonyl (C=O) groups excluding carboxylic acids is 1. The molecule has 0 spiro atoms. The van der Waals surface area contributed by atoms with Crippen LogP contribution in [0.5, 0.6) is 0 Å². The van der Waals surface area contributed by atoms with Crippen molar-refractivity contribution >= 4 is 44.8 Å². The van der Waals surface area contributed by atoms with E-state index in [0.29, 0.717) is 10.7 Å². The molecule has 0 unspecified atom stereocenters. The van der Waals surface area contributed by atoms with Gasteiger partial charge in [0.2, 0.25) is 0 Å². The first-order valence-corrected chi connectivity index (χ1v) is 9.55. The summed E-state index contributed by atoms with van der Waals surface area (Å²) in [6.07, 6.45) is 0. The number of benzene rings is 2. The highest BCUT2D eigenvalue weighted by Gasteiger charge is 2.18. The predicted molar refractivity (Wildman–Crippen MR) is 102 cm³/mol. The second kappa shape index (κ2) is 7.71. The zero-order chi connectivity index (χ0) is 20.3. The number of sulfonamides is 1. The number of nitro groups is 1. The van der Waals surface area contributed by atoms with Gasteiger partial charge in [-0.3, -0.25) is 19.6 Å². The van der Waals surface area contributed by atoms with Crippen molar-refractivity contribution in [3.8, 4) is 0 Å². The summed E-state index contributed by atoms with van der Waals surface area (Å²) in [6, 6.07) is 13.9. The van der Waals surface area contributed by atoms with Crippen LogP contribution in [0.1, 0.15) is 10.6 Å². The van der Waals surface area contributed by atoms with Crippen molar-refractivity contribution in [3.05, 3.63) is 81.6 Å². The fourth-order valence-corrected chi connectivity index (χ4v) is 3.57. The van der Waals surface area contributed by atoms with E-state index in [1.165, 1.54) is 48.5 Å². The summed E-state index contributed by atoms with van der Waals surface area (Å²) in [4.78, 5) is 21.9. The van der Waals surface area contributed by atoms with Gasteiger partial charge < -0.3 is 9.73 Å². The quantitative estimate of drug-likeness (QED) is 0.458. The van der Waals surface area contributed by atoms with Gasteiger partial charge in [0.05, 0.1) is 11.0 Å². The van der Waals surface area contributed by atoms with Gasteiger partial charge in [0.25, 0.3) is 15.9 Å². The fraction of sp³-hybridized carbons (Fsp3) is 0. The van der Waals surface area contributed by atoms with Gasteiger partial charge in [-0.1, -0.05) is 17.7 Å². The van der Waals surface area contributed by atoms with Crippen molar-refractivity contribution in [3.63, 3.8) is 0 Å². The lowest BCUT2D eigenvalue weighted by atomic mass is 10.3. The van der Waals surface area contributed by atoms with Crippen molar-refractivity contribution in [1.29, 1.82) is 0 Å². The second-order valence-electron chi connectivity index (χ2n) is 5.49. The molecule has 0 bridgehead atoms. The van der Waals surface area contributed by atoms with Crippen LogP contribution >= 0.6 is 11.6 Å². The van der Waals surface area contributed by atoms with Gasteiger partial charge >= 0.3 is 5.88 Å². The molecule has 3 aromatic rings. The largest absolute Gasteiger partial charge is 0.433 e. The number of hydrogen-bond acceptors (Lipinski definition) is 6. The molecule has 144 valence electrons. The van der Waals surface area contributed by atoms with E-state index >= 15 is 0 Å². The van der Waals surface area contributed by atoms with Crippen LogP contribution < -0.4 is 10.0 Å². The molecule has 0 aliphatic rings. The third-order valence-corrected chi connectivity index (χ3v) is 5.11. The van der Waals surface area contributed by atoms with Crippen molar-refractivity contribution in [2.24, 2.45) is 0 Å². The lowest BCUT2D eigenvalue weighted by Gasteiger charge is -2.09. The highest BCUT2D eigenvalue weighted by Crippen LogP contribution is 2.21. The molecule has 0 saturated heterocycles. The highest BCUT2D eigenvalue weighted by atomic mass is 35.5. The lowest BCUT2D eigenvalue weighted by Crippen LogP contribution is -2.13. The molecule has 3 rings (SSSR count). The van der Waals surface area contributed by atoms with Gasteiger partial charge in [0, 0.05) is 16.4 Å². The van der Waals surface area contributed by atoms with Gasteiger partial charge in [-0.15, -0.1) is 0 Å². The average molecular weight is 422 g/mol. The Morgan fingerprint density at radius 1 is 1.04 bits per heavy atom. The van der Waals surface area contributed by atoms with Crippen LogP contribution in [0, 0.1) is 10.1 Å². The molecule has 0 saturated carbocycles. The highest BCUT2D eigenvalue weighted by molar-refractivity contribution is 7.92. The summed E-state index contributed by atoms with van der Waals surface area (Å²) >= 11 is 5.82. The van der Waals surface area contributed by atoms with Gasteiger partial charge in [0.15, 0.2) is 5.76 Å².